The first kappa shape index (κ1) is 15.3. The van der Waals surface area contributed by atoms with Gasteiger partial charge < -0.3 is 0 Å². The Hall–Kier alpha value is -1.28. The highest BCUT2D eigenvalue weighted by molar-refractivity contribution is 8.00. The third-order valence-corrected chi connectivity index (χ3v) is 4.59. The molecule has 0 N–H and O–H groups in total. The molecule has 2 aromatic rings. The van der Waals surface area contributed by atoms with Gasteiger partial charge in [-0.25, -0.2) is 4.57 Å². The monoisotopic (exact) mass is 330 g/mol. The predicted molar refractivity (Wildman–Crippen MR) is 102 cm³/mol. The second-order valence-electron chi connectivity index (χ2n) is 7.40. The fourth-order valence-corrected chi connectivity index (χ4v) is 3.53. The van der Waals surface area contributed by atoms with E-state index in [0.29, 0.717) is 5.25 Å². The Kier molecular flexibility index (Phi) is 4.70. The fourth-order valence-electron chi connectivity index (χ4n) is 2.61. The first-order valence-corrected chi connectivity index (χ1v) is 9.10. The number of thioether (sulfide) groups is 1. The maximum atomic E-state index is 8.76. The van der Waals surface area contributed by atoms with Gasteiger partial charge in [0.2, 0.25) is 5.69 Å². The number of aromatic nitrogens is 1. The maximum Gasteiger partial charge on any atom is 0.213 e. The summed E-state index contributed by atoms with van der Waals surface area (Å²) in [5.41, 5.74) is 3.84. The van der Waals surface area contributed by atoms with Crippen molar-refractivity contribution in [2.45, 2.75) is 58.1 Å². The van der Waals surface area contributed by atoms with E-state index in [9.17, 15) is 0 Å². The summed E-state index contributed by atoms with van der Waals surface area (Å²) >= 11 is 1.74. The van der Waals surface area contributed by atoms with Crippen molar-refractivity contribution in [2.75, 3.05) is 0 Å². The highest BCUT2D eigenvalue weighted by Crippen LogP contribution is 2.33. The van der Waals surface area contributed by atoms with E-state index in [0.717, 1.165) is 16.2 Å². The minimum absolute atomic E-state index is 0.395. The first-order valence-electron chi connectivity index (χ1n) is 9.22. The molecule has 0 atom stereocenters. The van der Waals surface area contributed by atoms with Gasteiger partial charge in [-0.15, -0.1) is 11.8 Å². The molecule has 0 aliphatic heterocycles. The van der Waals surface area contributed by atoms with Crippen molar-refractivity contribution in [3.8, 4) is 11.3 Å². The summed E-state index contributed by atoms with van der Waals surface area (Å²) < 4.78 is 19.6. The molecule has 0 radical (unpaired) electrons. The SMILES string of the molecule is [2H]C([2H])(c1c[n+](C)c(-c2ccccc2C)cc1SC(C)C)C(C)(C)C. The molecule has 124 valence electrons. The molecule has 0 amide bonds. The molecule has 0 fully saturated rings. The molecule has 0 saturated heterocycles. The van der Waals surface area contributed by atoms with Crippen LogP contribution in [0.5, 0.6) is 0 Å². The Morgan fingerprint density at radius 2 is 1.87 bits per heavy atom. The zero-order chi connectivity index (χ0) is 19.0. The summed E-state index contributed by atoms with van der Waals surface area (Å²) in [7, 11) is 2.01. The molecule has 23 heavy (non-hydrogen) atoms. The van der Waals surface area contributed by atoms with Crippen LogP contribution in [-0.2, 0) is 13.4 Å². The van der Waals surface area contributed by atoms with E-state index >= 15 is 0 Å². The van der Waals surface area contributed by atoms with Crippen molar-refractivity contribution in [2.24, 2.45) is 12.5 Å². The van der Waals surface area contributed by atoms with Gasteiger partial charge >= 0.3 is 0 Å². The second-order valence-corrected chi connectivity index (χ2v) is 9.02. The molecule has 0 unspecified atom stereocenters. The Balaban J connectivity index is 2.72. The largest absolute Gasteiger partial charge is 0.213 e. The summed E-state index contributed by atoms with van der Waals surface area (Å²) in [4.78, 5) is 1.03. The molecular weight excluding hydrogens is 298 g/mol. The number of hydrogen-bond donors (Lipinski definition) is 0. The second kappa shape index (κ2) is 7.09. The van der Waals surface area contributed by atoms with E-state index in [1.54, 1.807) is 11.8 Å². The number of hydrogen-bond acceptors (Lipinski definition) is 1. The van der Waals surface area contributed by atoms with Crippen LogP contribution in [0.3, 0.4) is 0 Å². The van der Waals surface area contributed by atoms with Crippen molar-refractivity contribution in [3.05, 3.63) is 47.7 Å². The molecule has 2 rings (SSSR count). The van der Waals surface area contributed by atoms with E-state index in [1.165, 1.54) is 11.1 Å². The van der Waals surface area contributed by atoms with E-state index in [-0.39, 0.29) is 0 Å². The topological polar surface area (TPSA) is 3.88 Å². The van der Waals surface area contributed by atoms with Crippen LogP contribution in [-0.4, -0.2) is 5.25 Å². The smallest absolute Gasteiger partial charge is 0.201 e. The Bertz CT molecular complexity index is 761. The van der Waals surface area contributed by atoms with Gasteiger partial charge in [-0.1, -0.05) is 52.8 Å². The van der Waals surface area contributed by atoms with Crippen LogP contribution < -0.4 is 4.57 Å². The Labute approximate surface area is 149 Å². The van der Waals surface area contributed by atoms with Gasteiger partial charge in [0, 0.05) is 30.1 Å². The first-order chi connectivity index (χ1) is 11.4. The standard InChI is InChI=1S/C21H30NS/c1-15(2)23-20-12-19(18-11-9-8-10-16(18)3)22(7)14-17(20)13-21(4,5)6/h8-12,14-15H,13H2,1-7H3/q+1/i13D2. The van der Waals surface area contributed by atoms with Crippen LogP contribution in [0.1, 0.15) is 48.5 Å². The molecule has 1 aromatic carbocycles. The molecule has 1 heterocycles. The van der Waals surface area contributed by atoms with Crippen molar-refractivity contribution in [1.29, 1.82) is 0 Å². The normalized spacial score (nSPS) is 13.9. The van der Waals surface area contributed by atoms with Crippen LogP contribution >= 0.6 is 11.8 Å². The molecule has 1 aromatic heterocycles. The molecule has 0 aliphatic rings. The lowest BCUT2D eigenvalue weighted by Gasteiger charge is -2.20. The summed E-state index contributed by atoms with van der Waals surface area (Å²) in [6.45, 7) is 12.3. The number of aryl methyl sites for hydroxylation is 2. The van der Waals surface area contributed by atoms with Crippen LogP contribution in [0, 0.1) is 12.3 Å². The van der Waals surface area contributed by atoms with Crippen molar-refractivity contribution < 1.29 is 7.31 Å². The van der Waals surface area contributed by atoms with Crippen LogP contribution in [0.25, 0.3) is 11.3 Å². The zero-order valence-corrected chi connectivity index (χ0v) is 16.2. The number of pyridine rings is 1. The fraction of sp³-hybridized carbons (Fsp3) is 0.476. The van der Waals surface area contributed by atoms with E-state index in [1.807, 2.05) is 34.0 Å². The quantitative estimate of drug-likeness (QED) is 0.523. The van der Waals surface area contributed by atoms with Crippen molar-refractivity contribution >= 4 is 11.8 Å². The molecule has 0 aliphatic carbocycles. The van der Waals surface area contributed by atoms with Crippen molar-refractivity contribution in [3.63, 3.8) is 0 Å². The summed E-state index contributed by atoms with van der Waals surface area (Å²) in [6, 6.07) is 10.5. The molecule has 2 heteroatoms. The maximum absolute atomic E-state index is 8.76. The minimum Gasteiger partial charge on any atom is -0.201 e. The highest BCUT2D eigenvalue weighted by atomic mass is 32.2. The van der Waals surface area contributed by atoms with Crippen LogP contribution in [0.2, 0.25) is 0 Å². The molecule has 0 spiro atoms. The van der Waals surface area contributed by atoms with Gasteiger partial charge in [-0.2, -0.15) is 0 Å². The molecule has 0 bridgehead atoms. The Morgan fingerprint density at radius 3 is 2.43 bits per heavy atom. The van der Waals surface area contributed by atoms with Gasteiger partial charge in [0.25, 0.3) is 0 Å². The molecule has 0 saturated carbocycles. The van der Waals surface area contributed by atoms with Gasteiger partial charge in [0.05, 0.1) is 0 Å². The lowest BCUT2D eigenvalue weighted by atomic mass is 9.88. The number of rotatable bonds is 4. The van der Waals surface area contributed by atoms with Crippen LogP contribution in [0.15, 0.2) is 41.4 Å². The molecule has 1 nitrogen and oxygen atoms in total. The lowest BCUT2D eigenvalue weighted by molar-refractivity contribution is -0.661. The number of benzene rings is 1. The Morgan fingerprint density at radius 1 is 1.22 bits per heavy atom. The van der Waals surface area contributed by atoms with Gasteiger partial charge in [0.15, 0.2) is 6.20 Å². The molecular formula is C21H30NS+. The predicted octanol–water partition coefficient (Wildman–Crippen LogP) is 5.58. The van der Waals surface area contributed by atoms with E-state index in [2.05, 4.69) is 55.7 Å². The van der Waals surface area contributed by atoms with E-state index in [4.69, 9.17) is 2.74 Å². The lowest BCUT2D eigenvalue weighted by Crippen LogP contribution is -2.32. The summed E-state index contributed by atoms with van der Waals surface area (Å²) in [5, 5.41) is 0.395. The van der Waals surface area contributed by atoms with Crippen molar-refractivity contribution in [1.82, 2.24) is 0 Å². The van der Waals surface area contributed by atoms with Gasteiger partial charge in [0.1, 0.15) is 7.05 Å². The highest BCUT2D eigenvalue weighted by Gasteiger charge is 2.21. The third kappa shape index (κ3) is 4.84. The summed E-state index contributed by atoms with van der Waals surface area (Å²) in [5.74, 6) is 0. The number of nitrogens with zero attached hydrogens (tertiary/aromatic N) is 1. The van der Waals surface area contributed by atoms with Crippen LogP contribution in [0.4, 0.5) is 0 Å². The average molecular weight is 331 g/mol. The van der Waals surface area contributed by atoms with Gasteiger partial charge in [-0.3, -0.25) is 0 Å². The minimum atomic E-state index is -1.41. The zero-order valence-electron chi connectivity index (χ0n) is 17.4. The summed E-state index contributed by atoms with van der Waals surface area (Å²) in [6.07, 6.45) is 0.573. The third-order valence-electron chi connectivity index (χ3n) is 3.53. The average Bonchev–Trinajstić information content (AvgIpc) is 2.47. The van der Waals surface area contributed by atoms with Gasteiger partial charge in [-0.05, 0) is 30.3 Å². The van der Waals surface area contributed by atoms with E-state index < -0.39 is 11.8 Å².